The molecule has 1 N–H and O–H groups in total. The molecule has 0 atom stereocenters. The molecule has 2 heterocycles. The van der Waals surface area contributed by atoms with Crippen molar-refractivity contribution in [2.75, 3.05) is 0 Å². The van der Waals surface area contributed by atoms with Crippen LogP contribution in [0.1, 0.15) is 30.3 Å². The van der Waals surface area contributed by atoms with Crippen molar-refractivity contribution in [1.82, 2.24) is 20.3 Å². The van der Waals surface area contributed by atoms with Crippen molar-refractivity contribution in [3.05, 3.63) is 29.0 Å². The molecular weight excluding hydrogens is 244 g/mol. The van der Waals surface area contributed by atoms with Crippen molar-refractivity contribution in [2.24, 2.45) is 0 Å². The van der Waals surface area contributed by atoms with Crippen LogP contribution in [0.25, 0.3) is 10.8 Å². The lowest BCUT2D eigenvalue weighted by Gasteiger charge is -2.00. The molecule has 1 saturated carbocycles. The van der Waals surface area contributed by atoms with Crippen LogP contribution in [0.4, 0.5) is 0 Å². The first kappa shape index (κ1) is 11.7. The first-order valence-electron chi connectivity index (χ1n) is 6.36. The van der Waals surface area contributed by atoms with Gasteiger partial charge in [-0.1, -0.05) is 6.92 Å². The van der Waals surface area contributed by atoms with Gasteiger partial charge in [0.1, 0.15) is 0 Å². The maximum atomic E-state index is 4.65. The largest absolute Gasteiger partial charge is 0.309 e. The SMILES string of the molecule is CCc1nc(-c2ncccn2)sc1CNC1CC1. The maximum absolute atomic E-state index is 4.65. The van der Waals surface area contributed by atoms with E-state index >= 15 is 0 Å². The lowest BCUT2D eigenvalue weighted by Crippen LogP contribution is -2.15. The summed E-state index contributed by atoms with van der Waals surface area (Å²) >= 11 is 1.71. The summed E-state index contributed by atoms with van der Waals surface area (Å²) in [6.45, 7) is 3.07. The lowest BCUT2D eigenvalue weighted by atomic mass is 10.3. The minimum atomic E-state index is 0.730. The highest BCUT2D eigenvalue weighted by Gasteiger charge is 2.21. The average molecular weight is 260 g/mol. The Balaban J connectivity index is 1.82. The zero-order valence-electron chi connectivity index (χ0n) is 10.4. The van der Waals surface area contributed by atoms with Gasteiger partial charge in [0.2, 0.25) is 0 Å². The molecular formula is C13H16N4S. The third kappa shape index (κ3) is 2.57. The molecule has 94 valence electrons. The van der Waals surface area contributed by atoms with E-state index in [1.807, 2.05) is 6.07 Å². The van der Waals surface area contributed by atoms with E-state index in [9.17, 15) is 0 Å². The number of thiazole rings is 1. The molecule has 2 aromatic rings. The molecule has 0 spiro atoms. The van der Waals surface area contributed by atoms with Crippen LogP contribution in [0.3, 0.4) is 0 Å². The summed E-state index contributed by atoms with van der Waals surface area (Å²) in [7, 11) is 0. The monoisotopic (exact) mass is 260 g/mol. The van der Waals surface area contributed by atoms with Crippen LogP contribution in [0.2, 0.25) is 0 Å². The highest BCUT2D eigenvalue weighted by Crippen LogP contribution is 2.27. The van der Waals surface area contributed by atoms with Crippen LogP contribution in [-0.2, 0) is 13.0 Å². The van der Waals surface area contributed by atoms with Gasteiger partial charge in [0, 0.05) is 29.9 Å². The smallest absolute Gasteiger partial charge is 0.188 e. The van der Waals surface area contributed by atoms with Crippen molar-refractivity contribution in [3.8, 4) is 10.8 Å². The zero-order chi connectivity index (χ0) is 12.4. The topological polar surface area (TPSA) is 50.7 Å². The van der Waals surface area contributed by atoms with Gasteiger partial charge in [-0.15, -0.1) is 11.3 Å². The van der Waals surface area contributed by atoms with Crippen LogP contribution in [0, 0.1) is 0 Å². The Labute approximate surface area is 111 Å². The third-order valence-electron chi connectivity index (χ3n) is 3.00. The highest BCUT2D eigenvalue weighted by molar-refractivity contribution is 7.15. The Bertz CT molecular complexity index is 519. The normalized spacial score (nSPS) is 14.9. The van der Waals surface area contributed by atoms with Crippen LogP contribution >= 0.6 is 11.3 Å². The fourth-order valence-corrected chi connectivity index (χ4v) is 2.88. The van der Waals surface area contributed by atoms with Crippen LogP contribution < -0.4 is 5.32 Å². The van der Waals surface area contributed by atoms with E-state index in [0.717, 1.165) is 29.8 Å². The predicted molar refractivity (Wildman–Crippen MR) is 72.4 cm³/mol. The summed E-state index contributed by atoms with van der Waals surface area (Å²) in [4.78, 5) is 14.5. The second kappa shape index (κ2) is 5.12. The number of nitrogens with zero attached hydrogens (tertiary/aromatic N) is 3. The van der Waals surface area contributed by atoms with E-state index in [-0.39, 0.29) is 0 Å². The van der Waals surface area contributed by atoms with Crippen LogP contribution in [0.5, 0.6) is 0 Å². The zero-order valence-corrected chi connectivity index (χ0v) is 11.2. The van der Waals surface area contributed by atoms with E-state index in [2.05, 4.69) is 27.2 Å². The van der Waals surface area contributed by atoms with Gasteiger partial charge in [0.15, 0.2) is 10.8 Å². The van der Waals surface area contributed by atoms with Gasteiger partial charge in [0.25, 0.3) is 0 Å². The summed E-state index contributed by atoms with van der Waals surface area (Å²) < 4.78 is 0. The summed E-state index contributed by atoms with van der Waals surface area (Å²) in [5.41, 5.74) is 1.18. The van der Waals surface area contributed by atoms with Crippen molar-refractivity contribution in [3.63, 3.8) is 0 Å². The van der Waals surface area contributed by atoms with Gasteiger partial charge in [-0.2, -0.15) is 0 Å². The molecule has 0 saturated heterocycles. The van der Waals surface area contributed by atoms with Crippen molar-refractivity contribution in [2.45, 2.75) is 38.8 Å². The van der Waals surface area contributed by atoms with E-state index < -0.39 is 0 Å². The quantitative estimate of drug-likeness (QED) is 0.897. The van der Waals surface area contributed by atoms with Gasteiger partial charge in [-0.3, -0.25) is 0 Å². The van der Waals surface area contributed by atoms with Crippen LogP contribution in [0.15, 0.2) is 18.5 Å². The number of aromatic nitrogens is 3. The fraction of sp³-hybridized carbons (Fsp3) is 0.462. The predicted octanol–water partition coefficient (Wildman–Crippen LogP) is 2.41. The molecule has 0 unspecified atom stereocenters. The van der Waals surface area contributed by atoms with E-state index in [1.54, 1.807) is 23.7 Å². The standard InChI is InChI=1S/C13H16N4S/c1-2-10-11(8-16-9-4-5-9)18-13(17-10)12-14-6-3-7-15-12/h3,6-7,9,16H,2,4-5,8H2,1H3. The minimum Gasteiger partial charge on any atom is -0.309 e. The molecule has 1 aliphatic carbocycles. The average Bonchev–Trinajstić information content (AvgIpc) is 3.16. The number of nitrogens with one attached hydrogen (secondary N) is 1. The number of hydrogen-bond donors (Lipinski definition) is 1. The number of hydrogen-bond acceptors (Lipinski definition) is 5. The number of aryl methyl sites for hydroxylation is 1. The first-order chi connectivity index (χ1) is 8.86. The van der Waals surface area contributed by atoms with Gasteiger partial charge >= 0.3 is 0 Å². The first-order valence-corrected chi connectivity index (χ1v) is 7.18. The van der Waals surface area contributed by atoms with Gasteiger partial charge in [-0.25, -0.2) is 15.0 Å². The Morgan fingerprint density at radius 2 is 2.11 bits per heavy atom. The highest BCUT2D eigenvalue weighted by atomic mass is 32.1. The molecule has 18 heavy (non-hydrogen) atoms. The van der Waals surface area contributed by atoms with E-state index in [4.69, 9.17) is 0 Å². The Kier molecular flexibility index (Phi) is 3.34. The fourth-order valence-electron chi connectivity index (χ4n) is 1.83. The van der Waals surface area contributed by atoms with Gasteiger partial charge < -0.3 is 5.32 Å². The molecule has 0 aliphatic heterocycles. The second-order valence-corrected chi connectivity index (χ2v) is 5.55. The molecule has 3 rings (SSSR count). The third-order valence-corrected chi connectivity index (χ3v) is 4.09. The van der Waals surface area contributed by atoms with Crippen molar-refractivity contribution < 1.29 is 0 Å². The lowest BCUT2D eigenvalue weighted by molar-refractivity contribution is 0.689. The van der Waals surface area contributed by atoms with Gasteiger partial charge in [-0.05, 0) is 25.3 Å². The Morgan fingerprint density at radius 1 is 1.33 bits per heavy atom. The van der Waals surface area contributed by atoms with Crippen molar-refractivity contribution >= 4 is 11.3 Å². The summed E-state index contributed by atoms with van der Waals surface area (Å²) in [6.07, 6.45) is 7.11. The van der Waals surface area contributed by atoms with E-state index in [1.165, 1.54) is 23.4 Å². The summed E-state index contributed by atoms with van der Waals surface area (Å²) in [6, 6.07) is 2.56. The Morgan fingerprint density at radius 3 is 2.78 bits per heavy atom. The van der Waals surface area contributed by atoms with Crippen molar-refractivity contribution in [1.29, 1.82) is 0 Å². The summed E-state index contributed by atoms with van der Waals surface area (Å²) in [5.74, 6) is 0.731. The molecule has 0 aromatic carbocycles. The molecule has 4 nitrogen and oxygen atoms in total. The van der Waals surface area contributed by atoms with Gasteiger partial charge in [0.05, 0.1) is 5.69 Å². The second-order valence-electron chi connectivity index (χ2n) is 4.47. The molecule has 0 bridgehead atoms. The number of rotatable bonds is 5. The molecule has 0 radical (unpaired) electrons. The molecule has 1 fully saturated rings. The summed E-state index contributed by atoms with van der Waals surface area (Å²) in [5, 5.41) is 4.47. The van der Waals surface area contributed by atoms with E-state index in [0.29, 0.717) is 0 Å². The molecule has 5 heteroatoms. The molecule has 1 aliphatic rings. The molecule has 2 aromatic heterocycles. The molecule has 0 amide bonds. The maximum Gasteiger partial charge on any atom is 0.188 e. The van der Waals surface area contributed by atoms with Crippen LogP contribution in [-0.4, -0.2) is 21.0 Å². The minimum absolute atomic E-state index is 0.730. The Hall–Kier alpha value is -1.33.